The molecule has 17 heavy (non-hydrogen) atoms. The molecule has 5 nitrogen and oxygen atoms in total. The Kier molecular flexibility index (Phi) is 4.37. The number of urea groups is 1. The Balaban J connectivity index is 2.55. The summed E-state index contributed by atoms with van der Waals surface area (Å²) in [6.45, 7) is 3.54. The van der Waals surface area contributed by atoms with Crippen molar-refractivity contribution in [3.05, 3.63) is 0 Å². The first kappa shape index (κ1) is 13.8. The van der Waals surface area contributed by atoms with Gasteiger partial charge in [0.05, 0.1) is 0 Å². The van der Waals surface area contributed by atoms with E-state index in [4.69, 9.17) is 5.11 Å². The van der Waals surface area contributed by atoms with E-state index in [9.17, 15) is 9.59 Å². The second-order valence-corrected chi connectivity index (χ2v) is 5.18. The van der Waals surface area contributed by atoms with Crippen LogP contribution in [0.1, 0.15) is 46.0 Å². The number of carbonyl (C=O) groups is 2. The molecular weight excluding hydrogens is 220 g/mol. The van der Waals surface area contributed by atoms with E-state index < -0.39 is 12.0 Å². The highest BCUT2D eigenvalue weighted by molar-refractivity contribution is 5.82. The van der Waals surface area contributed by atoms with Crippen LogP contribution in [0.15, 0.2) is 0 Å². The molecular formula is C12H22N2O3. The van der Waals surface area contributed by atoms with Crippen LogP contribution in [0.3, 0.4) is 0 Å². The van der Waals surface area contributed by atoms with Gasteiger partial charge in [0.15, 0.2) is 0 Å². The van der Waals surface area contributed by atoms with E-state index in [1.165, 1.54) is 25.3 Å². The normalized spacial score (nSPS) is 20.4. The van der Waals surface area contributed by atoms with Crippen molar-refractivity contribution in [1.29, 1.82) is 0 Å². The molecule has 0 aromatic carbocycles. The van der Waals surface area contributed by atoms with Gasteiger partial charge in [-0.3, -0.25) is 0 Å². The molecule has 2 N–H and O–H groups in total. The molecule has 2 amide bonds. The number of hydrogen-bond donors (Lipinski definition) is 2. The summed E-state index contributed by atoms with van der Waals surface area (Å²) in [6, 6.07) is -1.11. The first-order valence-electron chi connectivity index (χ1n) is 6.13. The van der Waals surface area contributed by atoms with Gasteiger partial charge in [0.2, 0.25) is 0 Å². The number of amides is 2. The predicted octanol–water partition coefficient (Wildman–Crippen LogP) is 1.82. The molecule has 0 radical (unpaired) electrons. The summed E-state index contributed by atoms with van der Waals surface area (Å²) in [7, 11) is 1.51. The molecule has 0 spiro atoms. The maximum Gasteiger partial charge on any atom is 0.326 e. The molecule has 0 aliphatic heterocycles. The number of carboxylic acids is 1. The summed E-state index contributed by atoms with van der Waals surface area (Å²) in [6.07, 6.45) is 5.39. The van der Waals surface area contributed by atoms with Gasteiger partial charge in [-0.25, -0.2) is 9.59 Å². The lowest BCUT2D eigenvalue weighted by Gasteiger charge is -2.36. The Morgan fingerprint density at radius 2 is 1.82 bits per heavy atom. The van der Waals surface area contributed by atoms with E-state index in [1.54, 1.807) is 0 Å². The topological polar surface area (TPSA) is 69.6 Å². The molecule has 5 heteroatoms. The van der Waals surface area contributed by atoms with Gasteiger partial charge in [0, 0.05) is 12.6 Å². The minimum Gasteiger partial charge on any atom is -0.480 e. The number of nitrogens with zero attached hydrogens (tertiary/aromatic N) is 1. The molecule has 1 rings (SSSR count). The molecule has 1 unspecified atom stereocenters. The SMILES string of the molecule is CC(C(=O)O)N(C)C(=O)NC1(C)CCCCC1. The first-order valence-corrected chi connectivity index (χ1v) is 6.13. The van der Waals surface area contributed by atoms with Crippen LogP contribution in [0.5, 0.6) is 0 Å². The second kappa shape index (κ2) is 5.38. The predicted molar refractivity (Wildman–Crippen MR) is 64.9 cm³/mol. The lowest BCUT2D eigenvalue weighted by molar-refractivity contribution is -0.141. The maximum absolute atomic E-state index is 11.9. The van der Waals surface area contributed by atoms with Gasteiger partial charge in [-0.1, -0.05) is 19.3 Å². The van der Waals surface area contributed by atoms with Gasteiger partial charge in [0.25, 0.3) is 0 Å². The van der Waals surface area contributed by atoms with Crippen molar-refractivity contribution >= 4 is 12.0 Å². The molecule has 1 aliphatic rings. The minimum absolute atomic E-state index is 0.179. The molecule has 0 aromatic rings. The summed E-state index contributed by atoms with van der Waals surface area (Å²) in [5, 5.41) is 11.8. The molecule has 1 fully saturated rings. The highest BCUT2D eigenvalue weighted by atomic mass is 16.4. The van der Waals surface area contributed by atoms with E-state index >= 15 is 0 Å². The monoisotopic (exact) mass is 242 g/mol. The van der Waals surface area contributed by atoms with Crippen LogP contribution in [0, 0.1) is 0 Å². The van der Waals surface area contributed by atoms with E-state index in [1.807, 2.05) is 6.92 Å². The molecule has 98 valence electrons. The maximum atomic E-state index is 11.9. The third kappa shape index (κ3) is 3.61. The zero-order chi connectivity index (χ0) is 13.1. The smallest absolute Gasteiger partial charge is 0.326 e. The molecule has 0 saturated heterocycles. The number of aliphatic carboxylic acids is 1. The van der Waals surface area contributed by atoms with E-state index in [0.717, 1.165) is 25.7 Å². The number of carboxylic acid groups (broad SMARTS) is 1. The van der Waals surface area contributed by atoms with Crippen LogP contribution < -0.4 is 5.32 Å². The van der Waals surface area contributed by atoms with Gasteiger partial charge in [-0.15, -0.1) is 0 Å². The Bertz CT molecular complexity index is 298. The van der Waals surface area contributed by atoms with Crippen LogP contribution in [-0.4, -0.2) is 40.6 Å². The van der Waals surface area contributed by atoms with Crippen LogP contribution in [-0.2, 0) is 4.79 Å². The van der Waals surface area contributed by atoms with E-state index in [2.05, 4.69) is 5.32 Å². The molecule has 1 atom stereocenters. The third-order valence-corrected chi connectivity index (χ3v) is 3.62. The second-order valence-electron chi connectivity index (χ2n) is 5.18. The number of hydrogen-bond acceptors (Lipinski definition) is 2. The largest absolute Gasteiger partial charge is 0.480 e. The van der Waals surface area contributed by atoms with Gasteiger partial charge in [0.1, 0.15) is 6.04 Å². The van der Waals surface area contributed by atoms with Crippen LogP contribution in [0.4, 0.5) is 4.79 Å². The standard InChI is InChI=1S/C12H22N2O3/c1-9(10(15)16)14(3)11(17)13-12(2)7-5-4-6-8-12/h9H,4-8H2,1-3H3,(H,13,17)(H,15,16). The lowest BCUT2D eigenvalue weighted by atomic mass is 9.83. The minimum atomic E-state index is -0.989. The van der Waals surface area contributed by atoms with Crippen molar-refractivity contribution in [3.63, 3.8) is 0 Å². The zero-order valence-corrected chi connectivity index (χ0v) is 10.8. The van der Waals surface area contributed by atoms with Gasteiger partial charge in [-0.05, 0) is 26.7 Å². The number of nitrogens with one attached hydrogen (secondary N) is 1. The number of rotatable bonds is 3. The fourth-order valence-corrected chi connectivity index (χ4v) is 2.14. The summed E-state index contributed by atoms with van der Waals surface area (Å²) < 4.78 is 0. The van der Waals surface area contributed by atoms with Crippen molar-refractivity contribution in [2.45, 2.75) is 57.5 Å². The summed E-state index contributed by atoms with van der Waals surface area (Å²) in [5.74, 6) is -0.989. The first-order chi connectivity index (χ1) is 7.86. The fraction of sp³-hybridized carbons (Fsp3) is 0.833. The molecule has 1 saturated carbocycles. The highest BCUT2D eigenvalue weighted by Crippen LogP contribution is 2.27. The van der Waals surface area contributed by atoms with Gasteiger partial charge in [-0.2, -0.15) is 0 Å². The Labute approximate surface area is 102 Å². The summed E-state index contributed by atoms with van der Waals surface area (Å²) in [5.41, 5.74) is -0.179. The van der Waals surface area contributed by atoms with Crippen molar-refractivity contribution in [3.8, 4) is 0 Å². The molecule has 0 bridgehead atoms. The lowest BCUT2D eigenvalue weighted by Crippen LogP contribution is -2.54. The molecule has 0 heterocycles. The van der Waals surface area contributed by atoms with Crippen molar-refractivity contribution < 1.29 is 14.7 Å². The highest BCUT2D eigenvalue weighted by Gasteiger charge is 2.31. The summed E-state index contributed by atoms with van der Waals surface area (Å²) in [4.78, 5) is 23.9. The van der Waals surface area contributed by atoms with Crippen LogP contribution >= 0.6 is 0 Å². The van der Waals surface area contributed by atoms with Crippen molar-refractivity contribution in [2.24, 2.45) is 0 Å². The summed E-state index contributed by atoms with van der Waals surface area (Å²) >= 11 is 0. The fourth-order valence-electron chi connectivity index (χ4n) is 2.14. The molecule has 1 aliphatic carbocycles. The average Bonchev–Trinajstić information content (AvgIpc) is 2.27. The van der Waals surface area contributed by atoms with Crippen molar-refractivity contribution in [2.75, 3.05) is 7.05 Å². The van der Waals surface area contributed by atoms with Gasteiger partial charge >= 0.3 is 12.0 Å². The average molecular weight is 242 g/mol. The molecule has 0 aromatic heterocycles. The van der Waals surface area contributed by atoms with E-state index in [0.29, 0.717) is 0 Å². The van der Waals surface area contributed by atoms with E-state index in [-0.39, 0.29) is 11.6 Å². The quantitative estimate of drug-likeness (QED) is 0.793. The van der Waals surface area contributed by atoms with Crippen LogP contribution in [0.2, 0.25) is 0 Å². The van der Waals surface area contributed by atoms with Crippen LogP contribution in [0.25, 0.3) is 0 Å². The van der Waals surface area contributed by atoms with Crippen molar-refractivity contribution in [1.82, 2.24) is 10.2 Å². The number of carbonyl (C=O) groups excluding carboxylic acids is 1. The Morgan fingerprint density at radius 3 is 2.29 bits per heavy atom. The Morgan fingerprint density at radius 1 is 1.29 bits per heavy atom. The van der Waals surface area contributed by atoms with Gasteiger partial charge < -0.3 is 15.3 Å². The number of likely N-dealkylation sites (N-methyl/N-ethyl adjacent to an activating group) is 1. The third-order valence-electron chi connectivity index (χ3n) is 3.62. The Hall–Kier alpha value is -1.26. The zero-order valence-electron chi connectivity index (χ0n) is 10.8.